The van der Waals surface area contributed by atoms with E-state index in [1.54, 1.807) is 48.5 Å². The van der Waals surface area contributed by atoms with Crippen LogP contribution in [0.4, 0.5) is 0 Å². The van der Waals surface area contributed by atoms with Crippen LogP contribution < -0.4 is 21.2 Å². The van der Waals surface area contributed by atoms with Gasteiger partial charge in [0.05, 0.1) is 0 Å². The number of fused-ring (bicyclic) bond motifs is 1. The number of nitro groups is 1. The molecule has 0 saturated carbocycles. The van der Waals surface area contributed by atoms with Gasteiger partial charge in [0.15, 0.2) is 0 Å². The third kappa shape index (κ3) is 6.59. The molecule has 2 aliphatic heterocycles. The van der Waals surface area contributed by atoms with E-state index in [1.165, 1.54) is 0 Å². The molecule has 0 aliphatic carbocycles. The molecule has 5 aromatic carbocycles. The first kappa shape index (κ1) is 37.0. The number of hydrogen-bond donors (Lipinski definition) is 1. The quantitative estimate of drug-likeness (QED) is 0.0610. The van der Waals surface area contributed by atoms with E-state index < -0.39 is 61.3 Å². The number of β-lactam (4-membered cyclic amide) rings is 1. The van der Waals surface area contributed by atoms with Gasteiger partial charge >= 0.3 is 318 Å². The molecule has 0 aromatic heterocycles. The van der Waals surface area contributed by atoms with Crippen LogP contribution in [0.15, 0.2) is 163 Å². The first-order valence-electron chi connectivity index (χ1n) is 17.1. The zero-order valence-corrected chi connectivity index (χ0v) is 32.1. The maximum atomic E-state index is 14.9. The van der Waals surface area contributed by atoms with E-state index in [1.807, 2.05) is 103 Å². The van der Waals surface area contributed by atoms with Crippen molar-refractivity contribution in [1.29, 1.82) is 0 Å². The number of nitrogens with zero attached hydrogens (tertiary/aromatic N) is 2. The zero-order valence-electron chi connectivity index (χ0n) is 28.8. The van der Waals surface area contributed by atoms with E-state index in [-0.39, 0.29) is 24.8 Å². The summed E-state index contributed by atoms with van der Waals surface area (Å²) < 4.78 is 20.7. The number of benzene rings is 5. The molecule has 2 aliphatic rings. The normalized spacial score (nSPS) is 20.1. The van der Waals surface area contributed by atoms with Crippen molar-refractivity contribution in [1.82, 2.24) is 10.2 Å². The third-order valence-corrected chi connectivity index (χ3v) is 21.2. The van der Waals surface area contributed by atoms with Gasteiger partial charge in [-0.3, -0.25) is 0 Å². The summed E-state index contributed by atoms with van der Waals surface area (Å²) in [6.45, 7) is -0.174. The van der Waals surface area contributed by atoms with Gasteiger partial charge in [-0.15, -0.1) is 0 Å². The summed E-state index contributed by atoms with van der Waals surface area (Å²) in [7, 11) is -2.30. The number of nitrogens with one attached hydrogen (secondary N) is 1. The molecule has 7 rings (SSSR count). The summed E-state index contributed by atoms with van der Waals surface area (Å²) in [5.74, 6) is -2.90. The van der Waals surface area contributed by atoms with Gasteiger partial charge in [-0.25, -0.2) is 0 Å². The second-order valence-corrected chi connectivity index (χ2v) is 23.6. The molecule has 4 atom stereocenters. The number of carbonyl (C=O) groups excluding carboxylic acids is 3. The monoisotopic (exact) mass is 823 g/mol. The SMILES string of the molecule is O=C(Cc1ccccc1)N[C@@H]1C(=O)N2C([N+](=O)[O-])=C(CP(Br)(c3ccccc3)(c3ccccc3)c3ccccc3)C(C(=O)OCc3ccccc3)[S@](=O)[C@H]12. The Morgan fingerprint density at radius 1 is 0.759 bits per heavy atom. The molecule has 1 N–H and O–H groups in total. The molecule has 1 fully saturated rings. The molecular weight excluding hydrogens is 789 g/mol. The predicted molar refractivity (Wildman–Crippen MR) is 214 cm³/mol. The van der Waals surface area contributed by atoms with Gasteiger partial charge in [-0.2, -0.15) is 0 Å². The van der Waals surface area contributed by atoms with Crippen molar-refractivity contribution in [2.24, 2.45) is 0 Å². The molecule has 10 nitrogen and oxygen atoms in total. The maximum absolute atomic E-state index is 14.9. The molecule has 54 heavy (non-hydrogen) atoms. The van der Waals surface area contributed by atoms with Crippen LogP contribution in [0.1, 0.15) is 11.1 Å². The number of rotatable bonds is 12. The second-order valence-electron chi connectivity index (χ2n) is 13.1. The van der Waals surface area contributed by atoms with Crippen molar-refractivity contribution in [3.05, 3.63) is 184 Å². The van der Waals surface area contributed by atoms with E-state index in [9.17, 15) is 28.7 Å². The molecular formula is C41H35BrN3O7PS. The van der Waals surface area contributed by atoms with E-state index >= 15 is 0 Å². The first-order chi connectivity index (χ1) is 26.1. The number of amides is 2. The Hall–Kier alpha value is -5.29. The fourth-order valence-corrected chi connectivity index (χ4v) is 17.0. The van der Waals surface area contributed by atoms with Gasteiger partial charge in [0, 0.05) is 0 Å². The van der Waals surface area contributed by atoms with Gasteiger partial charge < -0.3 is 0 Å². The van der Waals surface area contributed by atoms with Gasteiger partial charge in [-0.1, -0.05) is 6.07 Å². The van der Waals surface area contributed by atoms with Crippen LogP contribution in [0, 0.1) is 10.1 Å². The Balaban J connectivity index is 1.40. The summed E-state index contributed by atoms with van der Waals surface area (Å²) in [6.07, 6.45) is -0.253. The fraction of sp³-hybridized carbons (Fsp3) is 0.146. The van der Waals surface area contributed by atoms with Crippen molar-refractivity contribution in [2.45, 2.75) is 29.7 Å². The zero-order chi connectivity index (χ0) is 37.9. The Labute approximate surface area is 322 Å². The number of halogens is 1. The Morgan fingerprint density at radius 2 is 1.20 bits per heavy atom. The van der Waals surface area contributed by atoms with Crippen LogP contribution in [0.25, 0.3) is 0 Å². The molecule has 1 unspecified atom stereocenters. The Morgan fingerprint density at radius 3 is 1.67 bits per heavy atom. The third-order valence-electron chi connectivity index (χ3n) is 9.83. The summed E-state index contributed by atoms with van der Waals surface area (Å²) in [4.78, 5) is 55.1. The van der Waals surface area contributed by atoms with E-state index in [4.69, 9.17) is 4.74 Å². The van der Waals surface area contributed by atoms with Crippen molar-refractivity contribution >= 4 is 65.3 Å². The fourth-order valence-electron chi connectivity index (χ4n) is 7.28. The van der Waals surface area contributed by atoms with Crippen molar-refractivity contribution in [3.63, 3.8) is 0 Å². The molecule has 13 heteroatoms. The minimum absolute atomic E-state index is 0.0703. The van der Waals surface area contributed by atoms with Crippen LogP contribution in [0.5, 0.6) is 0 Å². The van der Waals surface area contributed by atoms with Crippen molar-refractivity contribution in [2.75, 3.05) is 6.16 Å². The van der Waals surface area contributed by atoms with Gasteiger partial charge in [0.2, 0.25) is 0 Å². The molecule has 0 bridgehead atoms. The standard InChI is InChI=1S/C41H35BrN3O7PS/c42-53(31-20-10-3-11-21-31,32-22-12-4-13-23-32,33-24-14-5-15-25-33)28-34-37(41(48)52-27-30-18-8-2-9-19-30)54(51)40-36(39(47)44(40)38(34)45(49)50)43-35(46)26-29-16-6-1-7-17-29/h1-25,36-37,40H,26-28H2,(H,43,46)/t36-,37?,40-,54+/m1/s1. The van der Waals surface area contributed by atoms with E-state index in [0.29, 0.717) is 11.1 Å². The molecule has 0 radical (unpaired) electrons. The number of carbonyl (C=O) groups is 3. The van der Waals surface area contributed by atoms with E-state index in [2.05, 4.69) is 20.8 Å². The van der Waals surface area contributed by atoms with E-state index in [0.717, 1.165) is 20.8 Å². The second kappa shape index (κ2) is 15.2. The number of esters is 1. The topological polar surface area (TPSA) is 136 Å². The van der Waals surface area contributed by atoms with Crippen LogP contribution >= 0.6 is 20.8 Å². The predicted octanol–water partition coefficient (Wildman–Crippen LogP) is 5.08. The molecule has 274 valence electrons. The molecule has 2 amide bonds. The molecule has 2 heterocycles. The van der Waals surface area contributed by atoms with Crippen molar-refractivity contribution < 1.29 is 28.3 Å². The Kier molecular flexibility index (Phi) is 10.4. The van der Waals surface area contributed by atoms with Gasteiger partial charge in [0.25, 0.3) is 0 Å². The molecule has 5 aromatic rings. The van der Waals surface area contributed by atoms with Gasteiger partial charge in [-0.05, 0) is 0 Å². The molecule has 0 spiro atoms. The van der Waals surface area contributed by atoms with Crippen LogP contribution in [-0.4, -0.2) is 54.6 Å². The summed E-state index contributed by atoms with van der Waals surface area (Å²) in [6, 6.07) is 44.8. The number of hydrogen-bond acceptors (Lipinski definition) is 7. The summed E-state index contributed by atoms with van der Waals surface area (Å²) >= 11 is 4.31. The van der Waals surface area contributed by atoms with Crippen LogP contribution in [0.2, 0.25) is 0 Å². The average Bonchev–Trinajstić information content (AvgIpc) is 3.20. The minimum atomic E-state index is -4.08. The summed E-state index contributed by atoms with van der Waals surface area (Å²) in [5.41, 5.74) is 1.24. The van der Waals surface area contributed by atoms with Crippen LogP contribution in [-0.2, 0) is 42.9 Å². The van der Waals surface area contributed by atoms with Crippen LogP contribution in [0.3, 0.4) is 0 Å². The Bertz CT molecular complexity index is 2170. The van der Waals surface area contributed by atoms with Crippen molar-refractivity contribution in [3.8, 4) is 0 Å². The molecule has 1 saturated heterocycles. The van der Waals surface area contributed by atoms with Gasteiger partial charge in [0.1, 0.15) is 0 Å². The average molecular weight is 825 g/mol. The summed E-state index contributed by atoms with van der Waals surface area (Å²) in [5, 5.41) is 11.2. The first-order valence-corrected chi connectivity index (χ1v) is 22.9. The number of ether oxygens (including phenoxy) is 1.